The first-order chi connectivity index (χ1) is 10.4. The first-order valence-corrected chi connectivity index (χ1v) is 8.81. The Morgan fingerprint density at radius 1 is 1.36 bits per heavy atom. The van der Waals surface area contributed by atoms with Gasteiger partial charge in [-0.05, 0) is 31.1 Å². The molecule has 2 rings (SSSR count). The van der Waals surface area contributed by atoms with E-state index < -0.39 is 16.2 Å². The molecule has 0 N–H and O–H groups in total. The zero-order valence-corrected chi connectivity index (χ0v) is 13.6. The monoisotopic (exact) mass is 324 g/mol. The van der Waals surface area contributed by atoms with Gasteiger partial charge in [0.15, 0.2) is 11.8 Å². The number of nitrogens with zero attached hydrogens (tertiary/aromatic N) is 1. The van der Waals surface area contributed by atoms with Crippen LogP contribution in [-0.4, -0.2) is 38.0 Å². The molecular formula is C16H22NO4S+. The molecule has 22 heavy (non-hydrogen) atoms. The molecular weight excluding hydrogens is 302 g/mol. The van der Waals surface area contributed by atoms with Crippen LogP contribution < -0.4 is 0 Å². The standard InChI is InChI=1S/C16H22NO4S/c1-3-12-17(13-8-7-11-16(17)14(2)18)21-22(19,20)15-9-5-4-6-10-15/h3-6,9-10,16H,1,7-8,11-13H2,2H3/q+1. The fourth-order valence-electron chi connectivity index (χ4n) is 3.03. The molecule has 2 unspecified atom stereocenters. The maximum Gasteiger partial charge on any atom is 0.342 e. The number of hydroxylamine groups is 3. The van der Waals surface area contributed by atoms with Crippen LogP contribution in [0.5, 0.6) is 0 Å². The van der Waals surface area contributed by atoms with E-state index in [1.165, 1.54) is 19.1 Å². The summed E-state index contributed by atoms with van der Waals surface area (Å²) in [6.07, 6.45) is 3.97. The third kappa shape index (κ3) is 3.45. The second-order valence-electron chi connectivity index (χ2n) is 5.61. The molecule has 1 fully saturated rings. The Hall–Kier alpha value is -1.50. The number of Topliss-reactive ketones (excluding diaryl/α,β-unsaturated/α-hetero) is 1. The molecule has 0 aromatic heterocycles. The highest BCUT2D eigenvalue weighted by molar-refractivity contribution is 7.86. The number of carbonyl (C=O) groups is 1. The Morgan fingerprint density at radius 3 is 2.64 bits per heavy atom. The smallest absolute Gasteiger partial charge is 0.293 e. The van der Waals surface area contributed by atoms with Crippen LogP contribution in [0.15, 0.2) is 47.9 Å². The highest BCUT2D eigenvalue weighted by Gasteiger charge is 2.47. The molecule has 1 aliphatic rings. The van der Waals surface area contributed by atoms with Crippen LogP contribution in [0.1, 0.15) is 26.2 Å². The molecule has 2 atom stereocenters. The van der Waals surface area contributed by atoms with Crippen molar-refractivity contribution in [2.45, 2.75) is 37.1 Å². The van der Waals surface area contributed by atoms with Crippen molar-refractivity contribution < 1.29 is 22.1 Å². The second-order valence-corrected chi connectivity index (χ2v) is 7.14. The van der Waals surface area contributed by atoms with Crippen LogP contribution >= 0.6 is 0 Å². The van der Waals surface area contributed by atoms with Crippen molar-refractivity contribution in [1.29, 1.82) is 0 Å². The first-order valence-electron chi connectivity index (χ1n) is 7.41. The Balaban J connectivity index is 2.39. The summed E-state index contributed by atoms with van der Waals surface area (Å²) in [6.45, 7) is 5.96. The van der Waals surface area contributed by atoms with Crippen molar-refractivity contribution in [3.63, 3.8) is 0 Å². The van der Waals surface area contributed by atoms with Gasteiger partial charge in [0.1, 0.15) is 13.1 Å². The van der Waals surface area contributed by atoms with Gasteiger partial charge < -0.3 is 0 Å². The zero-order valence-electron chi connectivity index (χ0n) is 12.8. The molecule has 1 aromatic carbocycles. The van der Waals surface area contributed by atoms with Crippen LogP contribution in [0.4, 0.5) is 0 Å². The molecule has 1 heterocycles. The van der Waals surface area contributed by atoms with Crippen LogP contribution in [0, 0.1) is 0 Å². The van der Waals surface area contributed by atoms with Gasteiger partial charge in [-0.25, -0.2) is 0 Å². The van der Waals surface area contributed by atoms with E-state index in [1.54, 1.807) is 24.3 Å². The molecule has 6 heteroatoms. The lowest BCUT2D eigenvalue weighted by Gasteiger charge is -2.41. The summed E-state index contributed by atoms with van der Waals surface area (Å²) >= 11 is 0. The molecule has 0 amide bonds. The van der Waals surface area contributed by atoms with Gasteiger partial charge in [-0.2, -0.15) is 8.42 Å². The minimum absolute atomic E-state index is 0.0511. The van der Waals surface area contributed by atoms with Crippen molar-refractivity contribution in [2.24, 2.45) is 0 Å². The number of ketones is 1. The molecule has 0 radical (unpaired) electrons. The number of hydrogen-bond acceptors (Lipinski definition) is 4. The number of benzene rings is 1. The summed E-state index contributed by atoms with van der Waals surface area (Å²) in [5.41, 5.74) is 0. The van der Waals surface area contributed by atoms with Crippen LogP contribution in [0.25, 0.3) is 0 Å². The van der Waals surface area contributed by atoms with E-state index in [-0.39, 0.29) is 21.9 Å². The van der Waals surface area contributed by atoms with E-state index in [4.69, 9.17) is 4.28 Å². The van der Waals surface area contributed by atoms with Crippen molar-refractivity contribution in [2.75, 3.05) is 13.1 Å². The summed E-state index contributed by atoms with van der Waals surface area (Å²) in [7, 11) is -3.93. The van der Waals surface area contributed by atoms with Gasteiger partial charge in [0, 0.05) is 13.3 Å². The van der Waals surface area contributed by atoms with Gasteiger partial charge in [0.25, 0.3) is 0 Å². The predicted molar refractivity (Wildman–Crippen MR) is 83.2 cm³/mol. The highest BCUT2D eigenvalue weighted by Crippen LogP contribution is 2.30. The minimum Gasteiger partial charge on any atom is -0.293 e. The Bertz CT molecular complexity index is 641. The molecule has 120 valence electrons. The van der Waals surface area contributed by atoms with Gasteiger partial charge in [0.05, 0.1) is 4.90 Å². The molecule has 5 nitrogen and oxygen atoms in total. The largest absolute Gasteiger partial charge is 0.342 e. The van der Waals surface area contributed by atoms with Crippen molar-refractivity contribution >= 4 is 15.9 Å². The van der Waals surface area contributed by atoms with Crippen LogP contribution in [0.2, 0.25) is 0 Å². The average Bonchev–Trinajstić information content (AvgIpc) is 2.48. The molecule has 0 saturated carbocycles. The maximum absolute atomic E-state index is 12.6. The lowest BCUT2D eigenvalue weighted by molar-refractivity contribution is -1.09. The lowest BCUT2D eigenvalue weighted by atomic mass is 9.98. The number of piperidine rings is 1. The summed E-state index contributed by atoms with van der Waals surface area (Å²) in [6, 6.07) is 7.55. The first kappa shape index (κ1) is 16.9. The highest BCUT2D eigenvalue weighted by atomic mass is 32.2. The van der Waals surface area contributed by atoms with E-state index in [9.17, 15) is 13.2 Å². The normalized spacial score (nSPS) is 25.6. The fraction of sp³-hybridized carbons (Fsp3) is 0.438. The molecule has 0 aliphatic carbocycles. The van der Waals surface area contributed by atoms with Gasteiger partial charge in [0.2, 0.25) is 0 Å². The zero-order chi connectivity index (χ0) is 16.2. The van der Waals surface area contributed by atoms with E-state index in [2.05, 4.69) is 6.58 Å². The van der Waals surface area contributed by atoms with Crippen molar-refractivity contribution in [3.05, 3.63) is 43.0 Å². The molecule has 1 aliphatic heterocycles. The minimum atomic E-state index is -3.93. The number of carbonyl (C=O) groups excluding carboxylic acids is 1. The predicted octanol–water partition coefficient (Wildman–Crippen LogP) is 2.45. The summed E-state index contributed by atoms with van der Waals surface area (Å²) in [5, 5.41) is 0. The quantitative estimate of drug-likeness (QED) is 0.596. The molecule has 0 spiro atoms. The van der Waals surface area contributed by atoms with Gasteiger partial charge >= 0.3 is 10.1 Å². The molecule has 0 bridgehead atoms. The number of hydrogen-bond donors (Lipinski definition) is 0. The SMILES string of the molecule is C=CC[N+]1(OS(=O)(=O)c2ccccc2)CCCCC1C(C)=O. The Kier molecular flexibility index (Phi) is 5.16. The van der Waals surface area contributed by atoms with E-state index in [0.29, 0.717) is 13.0 Å². The van der Waals surface area contributed by atoms with E-state index in [1.807, 2.05) is 0 Å². The van der Waals surface area contributed by atoms with Gasteiger partial charge in [-0.15, -0.1) is 4.65 Å². The topological polar surface area (TPSA) is 60.4 Å². The van der Waals surface area contributed by atoms with Crippen molar-refractivity contribution in [3.8, 4) is 0 Å². The van der Waals surface area contributed by atoms with Gasteiger partial charge in [-0.1, -0.05) is 29.1 Å². The lowest BCUT2D eigenvalue weighted by Crippen LogP contribution is -2.61. The molecule has 1 aromatic rings. The number of quaternary nitrogens is 1. The number of rotatable bonds is 6. The fourth-order valence-corrected chi connectivity index (χ4v) is 4.23. The summed E-state index contributed by atoms with van der Waals surface area (Å²) in [5.74, 6) is -0.0511. The Labute approximate surface area is 131 Å². The number of likely N-dealkylation sites (tertiary alicyclic amines) is 1. The maximum atomic E-state index is 12.6. The average molecular weight is 324 g/mol. The third-order valence-electron chi connectivity index (χ3n) is 4.02. The van der Waals surface area contributed by atoms with Gasteiger partial charge in [-0.3, -0.25) is 4.79 Å². The van der Waals surface area contributed by atoms with Crippen LogP contribution in [0.3, 0.4) is 0 Å². The van der Waals surface area contributed by atoms with E-state index in [0.717, 1.165) is 12.8 Å². The van der Waals surface area contributed by atoms with E-state index >= 15 is 0 Å². The molecule has 1 saturated heterocycles. The van der Waals surface area contributed by atoms with Crippen LogP contribution in [-0.2, 0) is 19.2 Å². The Morgan fingerprint density at radius 2 is 2.05 bits per heavy atom. The summed E-state index contributed by atoms with van der Waals surface area (Å²) < 4.78 is 30.5. The summed E-state index contributed by atoms with van der Waals surface area (Å²) in [4.78, 5) is 12.1. The third-order valence-corrected chi connectivity index (χ3v) is 5.36. The van der Waals surface area contributed by atoms with Crippen molar-refractivity contribution in [1.82, 2.24) is 0 Å². The second kappa shape index (κ2) is 6.73.